The van der Waals surface area contributed by atoms with E-state index >= 15 is 0 Å². The van der Waals surface area contributed by atoms with Crippen molar-refractivity contribution in [2.45, 2.75) is 6.54 Å². The fraction of sp³-hybridized carbons (Fsp3) is 0.167. The van der Waals surface area contributed by atoms with Crippen LogP contribution in [0.5, 0.6) is 0 Å². The lowest BCUT2D eigenvalue weighted by Crippen LogP contribution is -2.12. The van der Waals surface area contributed by atoms with Gasteiger partial charge in [0.15, 0.2) is 5.69 Å². The molecule has 7 nitrogen and oxygen atoms in total. The molecule has 1 aromatic carbocycles. The molecule has 0 saturated carbocycles. The molecule has 1 aromatic heterocycles. The maximum absolute atomic E-state index is 11.1. The summed E-state index contributed by atoms with van der Waals surface area (Å²) in [6.07, 6.45) is 1.35. The Morgan fingerprint density at radius 1 is 1.42 bits per heavy atom. The number of H-pyrrole nitrogens is 1. The quantitative estimate of drug-likeness (QED) is 0.629. The van der Waals surface area contributed by atoms with Gasteiger partial charge >= 0.3 is 0 Å². The molecule has 0 bridgehead atoms. The van der Waals surface area contributed by atoms with Gasteiger partial charge in [0.25, 0.3) is 5.91 Å². The second-order valence-electron chi connectivity index (χ2n) is 3.96. The van der Waals surface area contributed by atoms with Crippen LogP contribution >= 0.6 is 0 Å². The number of aromatic nitrogens is 2. The van der Waals surface area contributed by atoms with E-state index in [0.717, 1.165) is 5.56 Å². The molecule has 0 spiro atoms. The average molecular weight is 258 g/mol. The van der Waals surface area contributed by atoms with Gasteiger partial charge < -0.3 is 10.7 Å². The monoisotopic (exact) mass is 258 g/mol. The normalized spacial score (nSPS) is 10.8. The first-order chi connectivity index (χ1) is 9.16. The number of carbonyl (C=O) groups is 1. The van der Waals surface area contributed by atoms with Gasteiger partial charge in [-0.1, -0.05) is 35.6 Å². The maximum atomic E-state index is 11.1. The van der Waals surface area contributed by atoms with Crippen LogP contribution in [0.15, 0.2) is 47.0 Å². The molecular formula is C12H14N6O. The number of aromatic amines is 1. The maximum Gasteiger partial charge on any atom is 0.269 e. The summed E-state index contributed by atoms with van der Waals surface area (Å²) < 4.78 is 0. The van der Waals surface area contributed by atoms with Crippen molar-refractivity contribution in [3.8, 4) is 0 Å². The summed E-state index contributed by atoms with van der Waals surface area (Å²) in [7, 11) is 1.78. The summed E-state index contributed by atoms with van der Waals surface area (Å²) in [5, 5.41) is 9.51. The Kier molecular flexibility index (Phi) is 3.87. The number of benzene rings is 1. The molecule has 19 heavy (non-hydrogen) atoms. The van der Waals surface area contributed by atoms with Gasteiger partial charge in [0.2, 0.25) is 5.82 Å². The number of nitrogens with one attached hydrogen (secondary N) is 1. The van der Waals surface area contributed by atoms with Crippen LogP contribution in [0.25, 0.3) is 0 Å². The minimum absolute atomic E-state index is 0.150. The van der Waals surface area contributed by atoms with Gasteiger partial charge in [-0.3, -0.25) is 9.80 Å². The number of nitrogens with zero attached hydrogens (tertiary/aromatic N) is 4. The number of imidazole rings is 1. The molecule has 0 aliphatic carbocycles. The third-order valence-corrected chi connectivity index (χ3v) is 2.41. The number of rotatable bonds is 5. The SMILES string of the molecule is CN(Cc1ccccc1)/N=N\c1nc[nH]c1C(N)=O. The Balaban J connectivity index is 2.02. The average Bonchev–Trinajstić information content (AvgIpc) is 2.86. The molecule has 0 aliphatic rings. The number of carbonyl (C=O) groups excluding carboxylic acids is 1. The van der Waals surface area contributed by atoms with Crippen molar-refractivity contribution in [2.24, 2.45) is 16.1 Å². The molecule has 0 saturated heterocycles. The van der Waals surface area contributed by atoms with Crippen molar-refractivity contribution < 1.29 is 4.79 Å². The second-order valence-corrected chi connectivity index (χ2v) is 3.96. The van der Waals surface area contributed by atoms with Gasteiger partial charge in [-0.25, -0.2) is 4.98 Å². The van der Waals surface area contributed by atoms with E-state index in [9.17, 15) is 4.79 Å². The van der Waals surface area contributed by atoms with Crippen LogP contribution in [0.1, 0.15) is 16.1 Å². The minimum atomic E-state index is -0.614. The molecule has 7 heteroatoms. The Morgan fingerprint density at radius 2 is 2.16 bits per heavy atom. The first-order valence-corrected chi connectivity index (χ1v) is 5.66. The molecule has 3 N–H and O–H groups in total. The summed E-state index contributed by atoms with van der Waals surface area (Å²) in [4.78, 5) is 17.5. The Hall–Kier alpha value is -2.70. The smallest absolute Gasteiger partial charge is 0.269 e. The predicted molar refractivity (Wildman–Crippen MR) is 69.5 cm³/mol. The van der Waals surface area contributed by atoms with Gasteiger partial charge in [0.1, 0.15) is 0 Å². The summed E-state index contributed by atoms with van der Waals surface area (Å²) in [5.74, 6) is -0.426. The Morgan fingerprint density at radius 3 is 2.84 bits per heavy atom. The summed E-state index contributed by atoms with van der Waals surface area (Å²) in [5.41, 5.74) is 6.43. The number of amides is 1. The van der Waals surface area contributed by atoms with Crippen LogP contribution in [0.3, 0.4) is 0 Å². The molecule has 0 aliphatic heterocycles. The van der Waals surface area contributed by atoms with Crippen molar-refractivity contribution in [3.63, 3.8) is 0 Å². The zero-order valence-corrected chi connectivity index (χ0v) is 10.4. The highest BCUT2D eigenvalue weighted by Gasteiger charge is 2.10. The van der Waals surface area contributed by atoms with Crippen molar-refractivity contribution in [2.75, 3.05) is 7.05 Å². The first kappa shape index (κ1) is 12.7. The number of nitrogens with two attached hydrogens (primary N) is 1. The van der Waals surface area contributed by atoms with Crippen molar-refractivity contribution in [1.29, 1.82) is 0 Å². The van der Waals surface area contributed by atoms with E-state index in [4.69, 9.17) is 5.73 Å². The zero-order valence-electron chi connectivity index (χ0n) is 10.4. The highest BCUT2D eigenvalue weighted by molar-refractivity contribution is 5.94. The number of primary amides is 1. The van der Waals surface area contributed by atoms with Gasteiger partial charge in [-0.2, -0.15) is 0 Å². The van der Waals surface area contributed by atoms with E-state index in [2.05, 4.69) is 20.3 Å². The van der Waals surface area contributed by atoms with Gasteiger partial charge in [-0.05, 0) is 5.56 Å². The molecule has 0 radical (unpaired) electrons. The van der Waals surface area contributed by atoms with Crippen LogP contribution in [0.2, 0.25) is 0 Å². The second kappa shape index (κ2) is 5.76. The van der Waals surface area contributed by atoms with E-state index in [1.54, 1.807) is 12.1 Å². The van der Waals surface area contributed by atoms with Gasteiger partial charge in [0, 0.05) is 7.05 Å². The van der Waals surface area contributed by atoms with E-state index in [-0.39, 0.29) is 11.5 Å². The lowest BCUT2D eigenvalue weighted by Gasteiger charge is -2.10. The third-order valence-electron chi connectivity index (χ3n) is 2.41. The van der Waals surface area contributed by atoms with Crippen LogP contribution in [-0.2, 0) is 6.54 Å². The molecule has 2 aromatic rings. The van der Waals surface area contributed by atoms with E-state index in [1.807, 2.05) is 30.3 Å². The molecule has 1 heterocycles. The van der Waals surface area contributed by atoms with Gasteiger partial charge in [-0.15, -0.1) is 5.11 Å². The van der Waals surface area contributed by atoms with Crippen LogP contribution in [0, 0.1) is 0 Å². The van der Waals surface area contributed by atoms with Crippen molar-refractivity contribution in [1.82, 2.24) is 15.0 Å². The third kappa shape index (κ3) is 3.38. The fourth-order valence-corrected chi connectivity index (χ4v) is 1.54. The highest BCUT2D eigenvalue weighted by atomic mass is 16.1. The van der Waals surface area contributed by atoms with Crippen LogP contribution in [0.4, 0.5) is 5.82 Å². The van der Waals surface area contributed by atoms with E-state index in [1.165, 1.54) is 6.33 Å². The molecule has 2 rings (SSSR count). The number of hydrogen-bond donors (Lipinski definition) is 2. The van der Waals surface area contributed by atoms with E-state index in [0.29, 0.717) is 6.54 Å². The number of hydrogen-bond acceptors (Lipinski definition) is 4. The van der Waals surface area contributed by atoms with E-state index < -0.39 is 5.91 Å². The minimum Gasteiger partial charge on any atom is -0.364 e. The molecule has 1 amide bonds. The molecule has 98 valence electrons. The van der Waals surface area contributed by atoms with Crippen molar-refractivity contribution >= 4 is 11.7 Å². The fourth-order valence-electron chi connectivity index (χ4n) is 1.54. The molecule has 0 atom stereocenters. The summed E-state index contributed by atoms with van der Waals surface area (Å²) in [6.45, 7) is 0.612. The molecule has 0 fully saturated rings. The largest absolute Gasteiger partial charge is 0.364 e. The topological polar surface area (TPSA) is 99.7 Å². The predicted octanol–water partition coefficient (Wildman–Crippen LogP) is 1.64. The van der Waals surface area contributed by atoms with Crippen LogP contribution < -0.4 is 5.73 Å². The Labute approximate surface area is 110 Å². The highest BCUT2D eigenvalue weighted by Crippen LogP contribution is 2.14. The van der Waals surface area contributed by atoms with Crippen molar-refractivity contribution in [3.05, 3.63) is 47.9 Å². The lowest BCUT2D eigenvalue weighted by molar-refractivity contribution is 0.0996. The van der Waals surface area contributed by atoms with Gasteiger partial charge in [0.05, 0.1) is 12.9 Å². The Bertz CT molecular complexity index is 577. The zero-order chi connectivity index (χ0) is 13.7. The molecule has 0 unspecified atom stereocenters. The summed E-state index contributed by atoms with van der Waals surface area (Å²) >= 11 is 0. The first-order valence-electron chi connectivity index (χ1n) is 5.66. The summed E-state index contributed by atoms with van der Waals surface area (Å²) in [6, 6.07) is 9.86. The lowest BCUT2D eigenvalue weighted by atomic mass is 10.2. The standard InChI is InChI=1S/C12H14N6O/c1-18(7-9-5-3-2-4-6-9)17-16-12-10(11(13)19)14-8-15-12/h2-6,8H,7H2,1H3,(H2,13,19)(H,14,15)/b17-16-. The molecular weight excluding hydrogens is 244 g/mol. The van der Waals surface area contributed by atoms with Crippen LogP contribution in [-0.4, -0.2) is 27.9 Å².